The molecule has 9 heteroatoms. The van der Waals surface area contributed by atoms with Crippen molar-refractivity contribution in [2.24, 2.45) is 0 Å². The van der Waals surface area contributed by atoms with Crippen LogP contribution in [0, 0.1) is 6.92 Å². The zero-order valence-corrected chi connectivity index (χ0v) is 19.0. The summed E-state index contributed by atoms with van der Waals surface area (Å²) in [5, 5.41) is 6.16. The van der Waals surface area contributed by atoms with Gasteiger partial charge in [0, 0.05) is 30.3 Å². The molecule has 5 rings (SSSR count). The van der Waals surface area contributed by atoms with Crippen molar-refractivity contribution in [2.75, 3.05) is 37.7 Å². The molecule has 8 nitrogen and oxygen atoms in total. The van der Waals surface area contributed by atoms with E-state index < -0.39 is 11.8 Å². The van der Waals surface area contributed by atoms with Crippen LogP contribution in [-0.4, -0.2) is 54.6 Å². The second-order valence-corrected chi connectivity index (χ2v) is 8.62. The van der Waals surface area contributed by atoms with E-state index in [4.69, 9.17) is 16.3 Å². The van der Waals surface area contributed by atoms with Crippen LogP contribution in [0.4, 0.5) is 5.69 Å². The number of imidazole rings is 1. The number of hydrogen-bond donors (Lipinski definition) is 3. The van der Waals surface area contributed by atoms with E-state index >= 15 is 0 Å². The standard InChI is InChI=1S/C24H24ClN5O3/c1-14-11-17(30-7-9-33-10-8-30)13-18-20(14)28-22(27-18)19-21(24(32)29-23(19)31)26-6-5-15-3-2-4-16(25)12-15/h2-4,11-13H,5-10H2,1H3,(H,27,28)(H2,26,29,31,32). The molecule has 3 N–H and O–H groups in total. The summed E-state index contributed by atoms with van der Waals surface area (Å²) in [6, 6.07) is 11.7. The molecule has 1 aromatic heterocycles. The molecule has 0 saturated carbocycles. The van der Waals surface area contributed by atoms with Crippen LogP contribution in [0.3, 0.4) is 0 Å². The lowest BCUT2D eigenvalue weighted by atomic mass is 10.1. The highest BCUT2D eigenvalue weighted by Gasteiger charge is 2.33. The fourth-order valence-electron chi connectivity index (χ4n) is 4.27. The Hall–Kier alpha value is -3.36. The summed E-state index contributed by atoms with van der Waals surface area (Å²) in [4.78, 5) is 35.3. The highest BCUT2D eigenvalue weighted by Crippen LogP contribution is 2.28. The number of carbonyl (C=O) groups is 2. The monoisotopic (exact) mass is 465 g/mol. The van der Waals surface area contributed by atoms with E-state index in [1.54, 1.807) is 0 Å². The van der Waals surface area contributed by atoms with Crippen LogP contribution in [0.15, 0.2) is 42.1 Å². The van der Waals surface area contributed by atoms with Crippen molar-refractivity contribution in [3.05, 3.63) is 64.1 Å². The molecule has 3 heterocycles. The fraction of sp³-hybridized carbons (Fsp3) is 0.292. The van der Waals surface area contributed by atoms with Crippen LogP contribution in [0.2, 0.25) is 5.02 Å². The van der Waals surface area contributed by atoms with E-state index in [2.05, 4.69) is 31.6 Å². The van der Waals surface area contributed by atoms with Gasteiger partial charge in [0.05, 0.1) is 24.2 Å². The van der Waals surface area contributed by atoms with Gasteiger partial charge in [-0.1, -0.05) is 23.7 Å². The Balaban J connectivity index is 1.43. The molecule has 0 spiro atoms. The van der Waals surface area contributed by atoms with E-state index in [-0.39, 0.29) is 11.3 Å². The predicted octanol–water partition coefficient (Wildman–Crippen LogP) is 2.56. The van der Waals surface area contributed by atoms with Crippen LogP contribution in [0.5, 0.6) is 0 Å². The maximum absolute atomic E-state index is 12.6. The second kappa shape index (κ2) is 8.88. The van der Waals surface area contributed by atoms with Gasteiger partial charge in [0.25, 0.3) is 11.8 Å². The van der Waals surface area contributed by atoms with Gasteiger partial charge in [0.2, 0.25) is 0 Å². The van der Waals surface area contributed by atoms with Crippen molar-refractivity contribution in [3.63, 3.8) is 0 Å². The summed E-state index contributed by atoms with van der Waals surface area (Å²) < 4.78 is 5.45. The number of imide groups is 1. The average Bonchev–Trinajstić information content (AvgIpc) is 3.34. The summed E-state index contributed by atoms with van der Waals surface area (Å²) in [7, 11) is 0. The maximum atomic E-state index is 12.6. The highest BCUT2D eigenvalue weighted by atomic mass is 35.5. The molecule has 1 saturated heterocycles. The van der Waals surface area contributed by atoms with Gasteiger partial charge in [-0.3, -0.25) is 14.9 Å². The number of aromatic amines is 1. The Morgan fingerprint density at radius 1 is 1.15 bits per heavy atom. The van der Waals surface area contributed by atoms with Gasteiger partial charge in [-0.2, -0.15) is 0 Å². The molecule has 0 radical (unpaired) electrons. The number of nitrogens with zero attached hydrogens (tertiary/aromatic N) is 2. The Kier molecular flexibility index (Phi) is 5.78. The topological polar surface area (TPSA) is 99.4 Å². The van der Waals surface area contributed by atoms with E-state index in [0.717, 1.165) is 40.9 Å². The summed E-state index contributed by atoms with van der Waals surface area (Å²) in [5.41, 5.74) is 5.18. The van der Waals surface area contributed by atoms with Gasteiger partial charge in [0.15, 0.2) is 0 Å². The maximum Gasteiger partial charge on any atom is 0.275 e. The van der Waals surface area contributed by atoms with E-state index in [0.29, 0.717) is 37.0 Å². The summed E-state index contributed by atoms with van der Waals surface area (Å²) in [6.07, 6.45) is 0.654. The first kappa shape index (κ1) is 21.5. The number of benzene rings is 2. The normalized spacial score (nSPS) is 16.6. The lowest BCUT2D eigenvalue weighted by Gasteiger charge is -2.29. The Labute approximate surface area is 196 Å². The number of aryl methyl sites for hydroxylation is 1. The van der Waals surface area contributed by atoms with Crippen LogP contribution in [-0.2, 0) is 20.7 Å². The molecular formula is C24H24ClN5O3. The number of amides is 2. The molecule has 2 amide bonds. The fourth-order valence-corrected chi connectivity index (χ4v) is 4.48. The first-order chi connectivity index (χ1) is 16.0. The number of aromatic nitrogens is 2. The third kappa shape index (κ3) is 4.31. The number of fused-ring (bicyclic) bond motifs is 1. The number of hydrogen-bond acceptors (Lipinski definition) is 6. The van der Waals surface area contributed by atoms with Crippen molar-refractivity contribution in [1.82, 2.24) is 20.6 Å². The van der Waals surface area contributed by atoms with Crippen molar-refractivity contribution < 1.29 is 14.3 Å². The van der Waals surface area contributed by atoms with Crippen molar-refractivity contribution >= 4 is 45.7 Å². The Morgan fingerprint density at radius 2 is 1.97 bits per heavy atom. The van der Waals surface area contributed by atoms with Crippen LogP contribution in [0.25, 0.3) is 16.6 Å². The van der Waals surface area contributed by atoms with Gasteiger partial charge >= 0.3 is 0 Å². The van der Waals surface area contributed by atoms with Crippen molar-refractivity contribution in [3.8, 4) is 0 Å². The van der Waals surface area contributed by atoms with Gasteiger partial charge in [0.1, 0.15) is 17.1 Å². The largest absolute Gasteiger partial charge is 0.379 e. The molecule has 0 unspecified atom stereocenters. The minimum absolute atomic E-state index is 0.229. The molecule has 0 aliphatic carbocycles. The van der Waals surface area contributed by atoms with Gasteiger partial charge < -0.3 is 19.9 Å². The van der Waals surface area contributed by atoms with Gasteiger partial charge in [-0.05, 0) is 48.7 Å². The number of ether oxygens (including phenoxy) is 1. The number of carbonyl (C=O) groups excluding carboxylic acids is 2. The SMILES string of the molecule is Cc1cc(N2CCOCC2)cc2[nH]c(C3=C(NCCc4cccc(Cl)c4)C(=O)NC3=O)nc12. The second-order valence-electron chi connectivity index (χ2n) is 8.18. The molecule has 33 heavy (non-hydrogen) atoms. The molecule has 1 fully saturated rings. The molecular weight excluding hydrogens is 442 g/mol. The minimum Gasteiger partial charge on any atom is -0.379 e. The number of nitrogens with one attached hydrogen (secondary N) is 3. The zero-order valence-electron chi connectivity index (χ0n) is 18.2. The molecule has 2 aliphatic heterocycles. The predicted molar refractivity (Wildman–Crippen MR) is 127 cm³/mol. The lowest BCUT2D eigenvalue weighted by Crippen LogP contribution is -2.36. The van der Waals surface area contributed by atoms with Crippen LogP contribution >= 0.6 is 11.6 Å². The third-order valence-electron chi connectivity index (χ3n) is 5.91. The third-order valence-corrected chi connectivity index (χ3v) is 6.15. The summed E-state index contributed by atoms with van der Waals surface area (Å²) in [6.45, 7) is 5.52. The first-order valence-electron chi connectivity index (χ1n) is 10.9. The Bertz CT molecular complexity index is 1280. The van der Waals surface area contributed by atoms with E-state index in [1.165, 1.54) is 0 Å². The molecule has 170 valence electrons. The average molecular weight is 466 g/mol. The number of anilines is 1. The highest BCUT2D eigenvalue weighted by molar-refractivity contribution is 6.35. The molecule has 0 bridgehead atoms. The molecule has 0 atom stereocenters. The summed E-state index contributed by atoms with van der Waals surface area (Å²) >= 11 is 6.05. The molecule has 2 aromatic carbocycles. The van der Waals surface area contributed by atoms with Crippen molar-refractivity contribution in [2.45, 2.75) is 13.3 Å². The van der Waals surface area contributed by atoms with E-state index in [9.17, 15) is 9.59 Å². The van der Waals surface area contributed by atoms with Crippen LogP contribution in [0.1, 0.15) is 17.0 Å². The lowest BCUT2D eigenvalue weighted by molar-refractivity contribution is -0.123. The molecule has 3 aromatic rings. The smallest absolute Gasteiger partial charge is 0.275 e. The quantitative estimate of drug-likeness (QED) is 0.484. The number of morpholine rings is 1. The van der Waals surface area contributed by atoms with Gasteiger partial charge in [-0.15, -0.1) is 0 Å². The van der Waals surface area contributed by atoms with E-state index in [1.807, 2.05) is 37.3 Å². The minimum atomic E-state index is -0.463. The van der Waals surface area contributed by atoms with Gasteiger partial charge in [-0.25, -0.2) is 4.98 Å². The first-order valence-corrected chi connectivity index (χ1v) is 11.3. The van der Waals surface area contributed by atoms with Crippen molar-refractivity contribution in [1.29, 1.82) is 0 Å². The number of rotatable bonds is 6. The molecule has 2 aliphatic rings. The zero-order chi connectivity index (χ0) is 22.9. The number of halogens is 1. The number of H-pyrrole nitrogens is 1. The summed E-state index contributed by atoms with van der Waals surface area (Å²) in [5.74, 6) is -0.538. The Morgan fingerprint density at radius 3 is 2.76 bits per heavy atom. The van der Waals surface area contributed by atoms with Crippen LogP contribution < -0.4 is 15.5 Å².